The largest absolute Gasteiger partial charge is 0.466 e. The first kappa shape index (κ1) is 12.8. The standard InChI is InChI=1S/C13H24N2O2/c1-2-17-13(16)5-7-14-9-11-6-8-15(10-11)12-3-4-12/h11-12,14H,2-10H2,1H3. The van der Waals surface area contributed by atoms with Gasteiger partial charge in [-0.1, -0.05) is 0 Å². The molecule has 1 N–H and O–H groups in total. The van der Waals surface area contributed by atoms with Gasteiger partial charge in [0.1, 0.15) is 0 Å². The average Bonchev–Trinajstić information content (AvgIpc) is 3.06. The Morgan fingerprint density at radius 2 is 2.24 bits per heavy atom. The lowest BCUT2D eigenvalue weighted by molar-refractivity contribution is -0.142. The van der Waals surface area contributed by atoms with Crippen molar-refractivity contribution >= 4 is 5.97 Å². The number of nitrogens with zero attached hydrogens (tertiary/aromatic N) is 1. The summed E-state index contributed by atoms with van der Waals surface area (Å²) in [6, 6.07) is 0.902. The molecule has 2 fully saturated rings. The van der Waals surface area contributed by atoms with Crippen LogP contribution in [0, 0.1) is 5.92 Å². The molecule has 1 saturated carbocycles. The summed E-state index contributed by atoms with van der Waals surface area (Å²) in [5.41, 5.74) is 0. The second-order valence-corrected chi connectivity index (χ2v) is 5.14. The van der Waals surface area contributed by atoms with Crippen molar-refractivity contribution in [2.45, 2.75) is 38.6 Å². The Bertz CT molecular complexity index is 254. The van der Waals surface area contributed by atoms with Gasteiger partial charge < -0.3 is 15.0 Å². The molecule has 1 heterocycles. The van der Waals surface area contributed by atoms with E-state index in [0.29, 0.717) is 13.0 Å². The summed E-state index contributed by atoms with van der Waals surface area (Å²) >= 11 is 0. The Kier molecular flexibility index (Phi) is 4.80. The van der Waals surface area contributed by atoms with Crippen molar-refractivity contribution in [3.63, 3.8) is 0 Å². The summed E-state index contributed by atoms with van der Waals surface area (Å²) in [4.78, 5) is 13.7. The third-order valence-corrected chi connectivity index (χ3v) is 3.62. The Balaban J connectivity index is 1.49. The summed E-state index contributed by atoms with van der Waals surface area (Å²) in [5, 5.41) is 3.37. The second-order valence-electron chi connectivity index (χ2n) is 5.14. The maximum atomic E-state index is 11.1. The van der Waals surface area contributed by atoms with Gasteiger partial charge in [0.2, 0.25) is 0 Å². The molecule has 4 nitrogen and oxygen atoms in total. The predicted molar refractivity (Wildman–Crippen MR) is 66.8 cm³/mol. The first-order valence-electron chi connectivity index (χ1n) is 6.90. The molecule has 0 aromatic heterocycles. The van der Waals surface area contributed by atoms with Gasteiger partial charge in [0, 0.05) is 19.1 Å². The van der Waals surface area contributed by atoms with E-state index in [0.717, 1.165) is 25.0 Å². The van der Waals surface area contributed by atoms with Gasteiger partial charge in [-0.15, -0.1) is 0 Å². The number of ether oxygens (including phenoxy) is 1. The zero-order chi connectivity index (χ0) is 12.1. The van der Waals surface area contributed by atoms with E-state index in [9.17, 15) is 4.79 Å². The van der Waals surface area contributed by atoms with Crippen molar-refractivity contribution < 1.29 is 9.53 Å². The van der Waals surface area contributed by atoms with Crippen LogP contribution in [0.25, 0.3) is 0 Å². The molecule has 1 atom stereocenters. The number of carbonyl (C=O) groups is 1. The fourth-order valence-electron chi connectivity index (χ4n) is 2.53. The van der Waals surface area contributed by atoms with E-state index >= 15 is 0 Å². The van der Waals surface area contributed by atoms with Crippen molar-refractivity contribution in [2.75, 3.05) is 32.8 Å². The van der Waals surface area contributed by atoms with Gasteiger partial charge >= 0.3 is 5.97 Å². The highest BCUT2D eigenvalue weighted by Gasteiger charge is 2.33. The highest BCUT2D eigenvalue weighted by atomic mass is 16.5. The Labute approximate surface area is 104 Å². The van der Waals surface area contributed by atoms with Crippen LogP contribution in [0.1, 0.15) is 32.6 Å². The highest BCUT2D eigenvalue weighted by Crippen LogP contribution is 2.31. The van der Waals surface area contributed by atoms with Gasteiger partial charge in [-0.3, -0.25) is 4.79 Å². The van der Waals surface area contributed by atoms with Crippen molar-refractivity contribution in [2.24, 2.45) is 5.92 Å². The molecule has 98 valence electrons. The lowest BCUT2D eigenvalue weighted by Crippen LogP contribution is -2.29. The Hall–Kier alpha value is -0.610. The second kappa shape index (κ2) is 6.36. The van der Waals surface area contributed by atoms with E-state index in [1.54, 1.807) is 0 Å². The molecule has 1 saturated heterocycles. The first-order valence-corrected chi connectivity index (χ1v) is 6.90. The van der Waals surface area contributed by atoms with Gasteiger partial charge in [0.15, 0.2) is 0 Å². The lowest BCUT2D eigenvalue weighted by Gasteiger charge is -2.15. The van der Waals surface area contributed by atoms with Gasteiger partial charge in [-0.05, 0) is 45.2 Å². The van der Waals surface area contributed by atoms with E-state index in [1.165, 1.54) is 32.4 Å². The van der Waals surface area contributed by atoms with Gasteiger partial charge in [-0.2, -0.15) is 0 Å². The van der Waals surface area contributed by atoms with Crippen LogP contribution < -0.4 is 5.32 Å². The topological polar surface area (TPSA) is 41.6 Å². The molecule has 1 aliphatic heterocycles. The van der Waals surface area contributed by atoms with E-state index < -0.39 is 0 Å². The van der Waals surface area contributed by atoms with E-state index in [-0.39, 0.29) is 5.97 Å². The van der Waals surface area contributed by atoms with E-state index in [2.05, 4.69) is 10.2 Å². The average molecular weight is 240 g/mol. The van der Waals surface area contributed by atoms with Crippen LogP contribution in [0.15, 0.2) is 0 Å². The van der Waals surface area contributed by atoms with Crippen LogP contribution in [-0.4, -0.2) is 49.7 Å². The molecule has 17 heavy (non-hydrogen) atoms. The van der Waals surface area contributed by atoms with Crippen LogP contribution in [0.5, 0.6) is 0 Å². The number of carbonyl (C=O) groups excluding carboxylic acids is 1. The molecule has 0 aromatic carbocycles. The summed E-state index contributed by atoms with van der Waals surface area (Å²) in [5.74, 6) is 0.684. The number of esters is 1. The van der Waals surface area contributed by atoms with Crippen molar-refractivity contribution in [1.82, 2.24) is 10.2 Å². The van der Waals surface area contributed by atoms with Crippen LogP contribution in [0.4, 0.5) is 0 Å². The minimum atomic E-state index is -0.0916. The zero-order valence-electron chi connectivity index (χ0n) is 10.8. The molecule has 2 aliphatic rings. The summed E-state index contributed by atoms with van der Waals surface area (Å²) in [6.07, 6.45) is 4.61. The minimum Gasteiger partial charge on any atom is -0.466 e. The van der Waals surface area contributed by atoms with Gasteiger partial charge in [0.25, 0.3) is 0 Å². The number of hydrogen-bond donors (Lipinski definition) is 1. The van der Waals surface area contributed by atoms with Gasteiger partial charge in [-0.25, -0.2) is 0 Å². The molecular weight excluding hydrogens is 216 g/mol. The van der Waals surface area contributed by atoms with Crippen LogP contribution in [0.2, 0.25) is 0 Å². The monoisotopic (exact) mass is 240 g/mol. The maximum Gasteiger partial charge on any atom is 0.307 e. The lowest BCUT2D eigenvalue weighted by atomic mass is 10.1. The SMILES string of the molecule is CCOC(=O)CCNCC1CCN(C2CC2)C1. The summed E-state index contributed by atoms with van der Waals surface area (Å²) in [6.45, 7) is 6.64. The zero-order valence-corrected chi connectivity index (χ0v) is 10.8. The highest BCUT2D eigenvalue weighted by molar-refractivity contribution is 5.69. The van der Waals surface area contributed by atoms with Gasteiger partial charge in [0.05, 0.1) is 13.0 Å². The normalized spacial score (nSPS) is 25.1. The van der Waals surface area contributed by atoms with Crippen molar-refractivity contribution in [3.8, 4) is 0 Å². The predicted octanol–water partition coefficient (Wildman–Crippen LogP) is 1.01. The molecule has 1 unspecified atom stereocenters. The number of nitrogens with one attached hydrogen (secondary N) is 1. The summed E-state index contributed by atoms with van der Waals surface area (Å²) in [7, 11) is 0. The molecule has 0 spiro atoms. The van der Waals surface area contributed by atoms with E-state index in [4.69, 9.17) is 4.74 Å². The fraction of sp³-hybridized carbons (Fsp3) is 0.923. The molecule has 0 radical (unpaired) electrons. The van der Waals surface area contributed by atoms with E-state index in [1.807, 2.05) is 6.92 Å². The molecule has 0 aromatic rings. The third kappa shape index (κ3) is 4.28. The quantitative estimate of drug-likeness (QED) is 0.533. The van der Waals surface area contributed by atoms with Crippen molar-refractivity contribution in [1.29, 1.82) is 0 Å². The number of hydrogen-bond acceptors (Lipinski definition) is 4. The van der Waals surface area contributed by atoms with Crippen LogP contribution in [0.3, 0.4) is 0 Å². The maximum absolute atomic E-state index is 11.1. The smallest absolute Gasteiger partial charge is 0.307 e. The molecule has 0 bridgehead atoms. The Morgan fingerprint density at radius 3 is 2.94 bits per heavy atom. The molecule has 4 heteroatoms. The minimum absolute atomic E-state index is 0.0916. The van der Waals surface area contributed by atoms with Crippen LogP contribution in [-0.2, 0) is 9.53 Å². The number of rotatable bonds is 7. The fourth-order valence-corrected chi connectivity index (χ4v) is 2.53. The van der Waals surface area contributed by atoms with Crippen molar-refractivity contribution in [3.05, 3.63) is 0 Å². The number of likely N-dealkylation sites (tertiary alicyclic amines) is 1. The molecular formula is C13H24N2O2. The molecule has 2 rings (SSSR count). The Morgan fingerprint density at radius 1 is 1.41 bits per heavy atom. The molecule has 0 amide bonds. The molecule has 1 aliphatic carbocycles. The van der Waals surface area contributed by atoms with Crippen LogP contribution >= 0.6 is 0 Å². The first-order chi connectivity index (χ1) is 8.29. The summed E-state index contributed by atoms with van der Waals surface area (Å²) < 4.78 is 4.88. The third-order valence-electron chi connectivity index (χ3n) is 3.62.